The standard InChI is InChI=1S/C30H25ClN4O4S/c1-39-24-12-7-20(8-13-24)17-26(34-29(37)21-5-3-2-4-6-21)30(38)33-23-10-14-25(15-11-23)40-19-28(36)35-27-16-9-22(31)18-32-27/h2-18H,19H2,1H3,(H,33,38)(H,34,37)(H,32,35,36)/b26-17-. The quantitative estimate of drug-likeness (QED) is 0.162. The summed E-state index contributed by atoms with van der Waals surface area (Å²) in [7, 11) is 1.57. The average molecular weight is 573 g/mol. The van der Waals surface area contributed by atoms with Crippen molar-refractivity contribution >= 4 is 58.7 Å². The first-order valence-corrected chi connectivity index (χ1v) is 13.4. The van der Waals surface area contributed by atoms with Gasteiger partial charge in [-0.15, -0.1) is 11.8 Å². The number of hydrogen-bond donors (Lipinski definition) is 3. The zero-order valence-corrected chi connectivity index (χ0v) is 23.0. The molecule has 0 fully saturated rings. The predicted molar refractivity (Wildman–Crippen MR) is 159 cm³/mol. The minimum Gasteiger partial charge on any atom is -0.497 e. The number of aromatic nitrogens is 1. The Hall–Kier alpha value is -4.60. The first-order valence-electron chi connectivity index (χ1n) is 12.1. The van der Waals surface area contributed by atoms with Gasteiger partial charge in [0, 0.05) is 22.3 Å². The topological polar surface area (TPSA) is 109 Å². The molecule has 0 saturated heterocycles. The Morgan fingerprint density at radius 1 is 0.900 bits per heavy atom. The minimum atomic E-state index is -0.490. The third-order valence-electron chi connectivity index (χ3n) is 5.43. The highest BCUT2D eigenvalue weighted by atomic mass is 35.5. The Balaban J connectivity index is 1.40. The summed E-state index contributed by atoms with van der Waals surface area (Å²) in [6.45, 7) is 0. The van der Waals surface area contributed by atoms with Gasteiger partial charge in [-0.25, -0.2) is 4.98 Å². The molecular formula is C30H25ClN4O4S. The van der Waals surface area contributed by atoms with Gasteiger partial charge in [-0.1, -0.05) is 41.9 Å². The van der Waals surface area contributed by atoms with Crippen LogP contribution in [0.25, 0.3) is 6.08 Å². The maximum atomic E-state index is 13.2. The van der Waals surface area contributed by atoms with Crippen LogP contribution in [0, 0.1) is 0 Å². The van der Waals surface area contributed by atoms with Crippen LogP contribution in [0.1, 0.15) is 15.9 Å². The highest BCUT2D eigenvalue weighted by molar-refractivity contribution is 8.00. The molecule has 0 aliphatic heterocycles. The second kappa shape index (κ2) is 14.0. The molecule has 0 saturated carbocycles. The Morgan fingerprint density at radius 2 is 1.62 bits per heavy atom. The van der Waals surface area contributed by atoms with Crippen molar-refractivity contribution in [3.8, 4) is 5.75 Å². The molecular weight excluding hydrogens is 548 g/mol. The molecule has 1 aromatic heterocycles. The molecule has 3 N–H and O–H groups in total. The van der Waals surface area contributed by atoms with Crippen LogP contribution in [-0.4, -0.2) is 35.6 Å². The van der Waals surface area contributed by atoms with Gasteiger partial charge in [0.1, 0.15) is 17.3 Å². The maximum absolute atomic E-state index is 13.2. The lowest BCUT2D eigenvalue weighted by Crippen LogP contribution is -2.30. The first kappa shape index (κ1) is 28.4. The first-order chi connectivity index (χ1) is 19.4. The zero-order valence-electron chi connectivity index (χ0n) is 21.4. The van der Waals surface area contributed by atoms with Gasteiger partial charge in [0.15, 0.2) is 0 Å². The number of anilines is 2. The summed E-state index contributed by atoms with van der Waals surface area (Å²) in [6, 6.07) is 26.1. The number of nitrogens with zero attached hydrogens (tertiary/aromatic N) is 1. The summed E-state index contributed by atoms with van der Waals surface area (Å²) < 4.78 is 5.19. The van der Waals surface area contributed by atoms with Gasteiger partial charge in [0.2, 0.25) is 5.91 Å². The van der Waals surface area contributed by atoms with E-state index < -0.39 is 11.8 Å². The molecule has 3 amide bonds. The number of pyridine rings is 1. The number of methoxy groups -OCH3 is 1. The number of hydrogen-bond acceptors (Lipinski definition) is 6. The molecule has 0 aliphatic carbocycles. The predicted octanol–water partition coefficient (Wildman–Crippen LogP) is 5.88. The number of carbonyl (C=O) groups excluding carboxylic acids is 3. The fraction of sp³-hybridized carbons (Fsp3) is 0.0667. The summed E-state index contributed by atoms with van der Waals surface area (Å²) in [5.74, 6) is 0.167. The monoisotopic (exact) mass is 572 g/mol. The average Bonchev–Trinajstić information content (AvgIpc) is 2.98. The second-order valence-electron chi connectivity index (χ2n) is 8.33. The SMILES string of the molecule is COc1ccc(/C=C(\NC(=O)c2ccccc2)C(=O)Nc2ccc(SCC(=O)Nc3ccc(Cl)cn3)cc2)cc1. The number of halogens is 1. The van der Waals surface area contributed by atoms with Crippen LogP contribution in [0.3, 0.4) is 0 Å². The van der Waals surface area contributed by atoms with Gasteiger partial charge >= 0.3 is 0 Å². The van der Waals surface area contributed by atoms with Gasteiger partial charge in [0.05, 0.1) is 17.9 Å². The number of thioether (sulfide) groups is 1. The smallest absolute Gasteiger partial charge is 0.272 e. The molecule has 0 bridgehead atoms. The van der Waals surface area contributed by atoms with Crippen molar-refractivity contribution in [3.05, 3.63) is 119 Å². The van der Waals surface area contributed by atoms with E-state index in [0.29, 0.717) is 33.4 Å². The Bertz CT molecular complexity index is 1490. The van der Waals surface area contributed by atoms with E-state index in [2.05, 4.69) is 20.9 Å². The Morgan fingerprint density at radius 3 is 2.27 bits per heavy atom. The molecule has 0 spiro atoms. The molecule has 3 aromatic carbocycles. The third-order valence-corrected chi connectivity index (χ3v) is 6.67. The minimum absolute atomic E-state index is 0.0740. The third kappa shape index (κ3) is 8.45. The molecule has 0 unspecified atom stereocenters. The molecule has 0 aliphatic rings. The highest BCUT2D eigenvalue weighted by Crippen LogP contribution is 2.21. The molecule has 10 heteroatoms. The van der Waals surface area contributed by atoms with Crippen LogP contribution >= 0.6 is 23.4 Å². The fourth-order valence-electron chi connectivity index (χ4n) is 3.42. The number of rotatable bonds is 10. The molecule has 4 rings (SSSR count). The summed E-state index contributed by atoms with van der Waals surface area (Å²) in [5.41, 5.74) is 1.73. The van der Waals surface area contributed by atoms with Crippen molar-refractivity contribution in [2.45, 2.75) is 4.90 Å². The molecule has 1 heterocycles. The number of nitrogens with one attached hydrogen (secondary N) is 3. The van der Waals surface area contributed by atoms with Crippen LogP contribution < -0.4 is 20.7 Å². The van der Waals surface area contributed by atoms with E-state index in [1.165, 1.54) is 18.0 Å². The maximum Gasteiger partial charge on any atom is 0.272 e. The molecule has 4 aromatic rings. The van der Waals surface area contributed by atoms with E-state index in [0.717, 1.165) is 4.90 Å². The number of ether oxygens (including phenoxy) is 1. The van der Waals surface area contributed by atoms with E-state index in [1.807, 2.05) is 6.07 Å². The van der Waals surface area contributed by atoms with Crippen LogP contribution in [0.2, 0.25) is 5.02 Å². The van der Waals surface area contributed by atoms with Crippen molar-refractivity contribution in [1.82, 2.24) is 10.3 Å². The van der Waals surface area contributed by atoms with Crippen LogP contribution in [0.4, 0.5) is 11.5 Å². The van der Waals surface area contributed by atoms with Gasteiger partial charge < -0.3 is 20.7 Å². The molecule has 202 valence electrons. The van der Waals surface area contributed by atoms with Crippen molar-refractivity contribution in [2.75, 3.05) is 23.5 Å². The van der Waals surface area contributed by atoms with Gasteiger partial charge in [-0.2, -0.15) is 0 Å². The normalized spacial score (nSPS) is 10.9. The van der Waals surface area contributed by atoms with Crippen molar-refractivity contribution < 1.29 is 19.1 Å². The summed E-state index contributed by atoms with van der Waals surface area (Å²) in [6.07, 6.45) is 3.05. The van der Waals surface area contributed by atoms with Crippen molar-refractivity contribution in [3.63, 3.8) is 0 Å². The summed E-state index contributed by atoms with van der Waals surface area (Å²) >= 11 is 7.15. The summed E-state index contributed by atoms with van der Waals surface area (Å²) in [5, 5.41) is 8.73. The lowest BCUT2D eigenvalue weighted by atomic mass is 10.1. The van der Waals surface area contributed by atoms with Gasteiger partial charge in [-0.3, -0.25) is 14.4 Å². The number of carbonyl (C=O) groups is 3. The van der Waals surface area contributed by atoms with E-state index in [9.17, 15) is 14.4 Å². The molecule has 0 atom stereocenters. The summed E-state index contributed by atoms with van der Waals surface area (Å²) in [4.78, 5) is 43.1. The second-order valence-corrected chi connectivity index (χ2v) is 9.81. The van der Waals surface area contributed by atoms with Crippen LogP contribution in [0.15, 0.2) is 108 Å². The fourth-order valence-corrected chi connectivity index (χ4v) is 4.23. The number of benzene rings is 3. The van der Waals surface area contributed by atoms with Gasteiger partial charge in [-0.05, 0) is 72.3 Å². The van der Waals surface area contributed by atoms with E-state index >= 15 is 0 Å². The molecule has 0 radical (unpaired) electrons. The zero-order chi connectivity index (χ0) is 28.3. The van der Waals surface area contributed by atoms with E-state index in [-0.39, 0.29) is 17.4 Å². The molecule has 8 nitrogen and oxygen atoms in total. The van der Waals surface area contributed by atoms with Crippen LogP contribution in [0.5, 0.6) is 5.75 Å². The van der Waals surface area contributed by atoms with Crippen molar-refractivity contribution in [1.29, 1.82) is 0 Å². The Kier molecular flexibility index (Phi) is 9.93. The highest BCUT2D eigenvalue weighted by Gasteiger charge is 2.15. The van der Waals surface area contributed by atoms with Gasteiger partial charge in [0.25, 0.3) is 11.8 Å². The lowest BCUT2D eigenvalue weighted by molar-refractivity contribution is -0.114. The van der Waals surface area contributed by atoms with E-state index in [1.54, 1.807) is 98.1 Å². The van der Waals surface area contributed by atoms with Crippen molar-refractivity contribution in [2.24, 2.45) is 0 Å². The van der Waals surface area contributed by atoms with Crippen LogP contribution in [-0.2, 0) is 9.59 Å². The molecule has 40 heavy (non-hydrogen) atoms. The van der Waals surface area contributed by atoms with E-state index in [4.69, 9.17) is 16.3 Å². The lowest BCUT2D eigenvalue weighted by Gasteiger charge is -2.12. The largest absolute Gasteiger partial charge is 0.497 e. The Labute approximate surface area is 240 Å². The number of amides is 3.